The molecular formula is C18H37NO2S. The van der Waals surface area contributed by atoms with Crippen molar-refractivity contribution in [2.75, 3.05) is 6.54 Å². The largest absolute Gasteiger partial charge is 0.294 e. The lowest BCUT2D eigenvalue weighted by Gasteiger charge is -2.01. The molecule has 0 aliphatic rings. The molecule has 0 aliphatic carbocycles. The van der Waals surface area contributed by atoms with Crippen molar-refractivity contribution < 1.29 is 8.76 Å². The van der Waals surface area contributed by atoms with E-state index in [0.717, 1.165) is 12.8 Å². The summed E-state index contributed by atoms with van der Waals surface area (Å²) in [5.74, 6) is 0. The molecule has 132 valence electrons. The number of unbranched alkanes of at least 4 members (excludes halogenated alkanes) is 12. The lowest BCUT2D eigenvalue weighted by Crippen LogP contribution is -2.17. The lowest BCUT2D eigenvalue weighted by molar-refractivity contribution is 0.540. The van der Waals surface area contributed by atoms with E-state index in [-0.39, 0.29) is 0 Å². The molecule has 22 heavy (non-hydrogen) atoms. The Morgan fingerprint density at radius 2 is 1.23 bits per heavy atom. The summed E-state index contributed by atoms with van der Waals surface area (Å²) in [5, 5.41) is 0. The Bertz CT molecular complexity index is 270. The summed E-state index contributed by atoms with van der Waals surface area (Å²) in [6.07, 6.45) is 22.8. The smallest absolute Gasteiger partial charge is 0.231 e. The van der Waals surface area contributed by atoms with Gasteiger partial charge in [-0.2, -0.15) is 0 Å². The van der Waals surface area contributed by atoms with Gasteiger partial charge < -0.3 is 0 Å². The van der Waals surface area contributed by atoms with Gasteiger partial charge in [-0.15, -0.1) is 0 Å². The van der Waals surface area contributed by atoms with Crippen LogP contribution in [0.1, 0.15) is 96.8 Å². The highest BCUT2D eigenvalue weighted by Gasteiger charge is 1.93. The molecule has 1 unspecified atom stereocenters. The van der Waals surface area contributed by atoms with Crippen LogP contribution in [0.5, 0.6) is 0 Å². The normalized spacial score (nSPS) is 13.0. The molecule has 0 bridgehead atoms. The first-order valence-electron chi connectivity index (χ1n) is 9.26. The predicted molar refractivity (Wildman–Crippen MR) is 98.2 cm³/mol. The van der Waals surface area contributed by atoms with Gasteiger partial charge in [-0.05, 0) is 32.1 Å². The molecular weight excluding hydrogens is 294 g/mol. The zero-order chi connectivity index (χ0) is 16.3. The van der Waals surface area contributed by atoms with E-state index in [4.69, 9.17) is 4.55 Å². The van der Waals surface area contributed by atoms with Crippen molar-refractivity contribution in [3.8, 4) is 0 Å². The summed E-state index contributed by atoms with van der Waals surface area (Å²) in [4.78, 5) is 0. The highest BCUT2D eigenvalue weighted by Crippen LogP contribution is 2.09. The van der Waals surface area contributed by atoms with Crippen LogP contribution in [0.25, 0.3) is 0 Å². The quantitative estimate of drug-likeness (QED) is 0.202. The van der Waals surface area contributed by atoms with Crippen LogP contribution in [0.4, 0.5) is 0 Å². The zero-order valence-electron chi connectivity index (χ0n) is 14.5. The molecule has 0 aromatic carbocycles. The van der Waals surface area contributed by atoms with Gasteiger partial charge in [-0.1, -0.05) is 76.9 Å². The fourth-order valence-electron chi connectivity index (χ4n) is 2.53. The molecule has 0 aromatic rings. The number of hydrogen-bond donors (Lipinski definition) is 2. The van der Waals surface area contributed by atoms with Gasteiger partial charge in [0.15, 0.2) is 0 Å². The predicted octanol–water partition coefficient (Wildman–Crippen LogP) is 5.75. The van der Waals surface area contributed by atoms with Gasteiger partial charge in [0, 0.05) is 6.54 Å². The van der Waals surface area contributed by atoms with Crippen molar-refractivity contribution in [2.24, 2.45) is 0 Å². The number of hydrogen-bond acceptors (Lipinski definition) is 1. The average molecular weight is 332 g/mol. The SMILES string of the molecule is CCCCCCCC/C=C\CCCCCCCCNS(=O)O. The summed E-state index contributed by atoms with van der Waals surface area (Å²) < 4.78 is 21.4. The van der Waals surface area contributed by atoms with Crippen LogP contribution >= 0.6 is 0 Å². The first-order chi connectivity index (χ1) is 10.8. The van der Waals surface area contributed by atoms with Crippen molar-refractivity contribution >= 4 is 11.3 Å². The highest BCUT2D eigenvalue weighted by molar-refractivity contribution is 7.77. The van der Waals surface area contributed by atoms with Crippen molar-refractivity contribution in [3.05, 3.63) is 12.2 Å². The third kappa shape index (κ3) is 19.8. The second-order valence-corrected chi connectivity index (χ2v) is 6.87. The fourth-order valence-corrected chi connectivity index (χ4v) is 2.85. The van der Waals surface area contributed by atoms with E-state index in [1.165, 1.54) is 77.0 Å². The second kappa shape index (κ2) is 18.9. The molecule has 0 aliphatic heterocycles. The van der Waals surface area contributed by atoms with Crippen molar-refractivity contribution in [3.63, 3.8) is 0 Å². The Labute approximate surface area is 140 Å². The Balaban J connectivity index is 3.06. The monoisotopic (exact) mass is 331 g/mol. The van der Waals surface area contributed by atoms with Gasteiger partial charge in [-0.25, -0.2) is 8.93 Å². The van der Waals surface area contributed by atoms with E-state index < -0.39 is 11.3 Å². The van der Waals surface area contributed by atoms with Crippen LogP contribution in [-0.4, -0.2) is 15.3 Å². The van der Waals surface area contributed by atoms with E-state index >= 15 is 0 Å². The maximum Gasteiger partial charge on any atom is 0.231 e. The molecule has 0 heterocycles. The van der Waals surface area contributed by atoms with Crippen LogP contribution in [0.3, 0.4) is 0 Å². The Hall–Kier alpha value is -0.190. The standard InChI is InChI=1S/C18H37NO2S/c1-2-3-4-5-6-7-8-9-10-11-12-13-14-15-16-17-18-19-22(20)21/h9-10,19H,2-8,11-18H2,1H3,(H,20,21)/b10-9-. The molecule has 0 amide bonds. The maximum absolute atomic E-state index is 10.4. The van der Waals surface area contributed by atoms with E-state index in [1.54, 1.807) is 0 Å². The summed E-state index contributed by atoms with van der Waals surface area (Å²) in [6.45, 7) is 2.91. The van der Waals surface area contributed by atoms with Gasteiger partial charge in [0.25, 0.3) is 0 Å². The van der Waals surface area contributed by atoms with Gasteiger partial charge in [0.2, 0.25) is 11.3 Å². The molecule has 4 heteroatoms. The lowest BCUT2D eigenvalue weighted by atomic mass is 10.1. The minimum Gasteiger partial charge on any atom is -0.294 e. The minimum atomic E-state index is -1.84. The molecule has 0 saturated heterocycles. The van der Waals surface area contributed by atoms with Crippen molar-refractivity contribution in [2.45, 2.75) is 96.8 Å². The van der Waals surface area contributed by atoms with Gasteiger partial charge in [-0.3, -0.25) is 4.55 Å². The van der Waals surface area contributed by atoms with E-state index in [2.05, 4.69) is 23.8 Å². The molecule has 0 saturated carbocycles. The maximum atomic E-state index is 10.4. The molecule has 0 rings (SSSR count). The van der Waals surface area contributed by atoms with Crippen molar-refractivity contribution in [1.82, 2.24) is 4.72 Å². The van der Waals surface area contributed by atoms with E-state index in [9.17, 15) is 4.21 Å². The third-order valence-corrected chi connectivity index (χ3v) is 4.37. The number of rotatable bonds is 17. The molecule has 0 aromatic heterocycles. The van der Waals surface area contributed by atoms with Crippen LogP contribution in [0.15, 0.2) is 12.2 Å². The topological polar surface area (TPSA) is 49.3 Å². The average Bonchev–Trinajstić information content (AvgIpc) is 2.50. The molecule has 3 nitrogen and oxygen atoms in total. The summed E-state index contributed by atoms with van der Waals surface area (Å²) in [5.41, 5.74) is 0. The second-order valence-electron chi connectivity index (χ2n) is 6.08. The van der Waals surface area contributed by atoms with Gasteiger partial charge in [0.05, 0.1) is 0 Å². The van der Waals surface area contributed by atoms with Crippen molar-refractivity contribution in [1.29, 1.82) is 0 Å². The molecule has 0 fully saturated rings. The van der Waals surface area contributed by atoms with Crippen LogP contribution in [-0.2, 0) is 11.3 Å². The summed E-state index contributed by atoms with van der Waals surface area (Å²) in [6, 6.07) is 0. The van der Waals surface area contributed by atoms with E-state index in [1.807, 2.05) is 0 Å². The van der Waals surface area contributed by atoms with Crippen LogP contribution in [0.2, 0.25) is 0 Å². The number of allylic oxidation sites excluding steroid dienone is 2. The molecule has 2 N–H and O–H groups in total. The summed E-state index contributed by atoms with van der Waals surface area (Å²) in [7, 11) is 0. The zero-order valence-corrected chi connectivity index (χ0v) is 15.3. The van der Waals surface area contributed by atoms with E-state index in [0.29, 0.717) is 6.54 Å². The highest BCUT2D eigenvalue weighted by atomic mass is 32.2. The Morgan fingerprint density at radius 1 is 0.773 bits per heavy atom. The first kappa shape index (κ1) is 21.8. The van der Waals surface area contributed by atoms with Crippen LogP contribution < -0.4 is 4.72 Å². The van der Waals surface area contributed by atoms with Crippen LogP contribution in [0, 0.1) is 0 Å². The summed E-state index contributed by atoms with van der Waals surface area (Å²) >= 11 is -1.84. The molecule has 0 radical (unpaired) electrons. The molecule has 1 atom stereocenters. The Morgan fingerprint density at radius 3 is 1.73 bits per heavy atom. The van der Waals surface area contributed by atoms with Gasteiger partial charge >= 0.3 is 0 Å². The third-order valence-electron chi connectivity index (χ3n) is 3.91. The first-order valence-corrected chi connectivity index (χ1v) is 10.4. The Kier molecular flexibility index (Phi) is 18.7. The molecule has 0 spiro atoms. The fraction of sp³-hybridized carbons (Fsp3) is 0.889. The van der Waals surface area contributed by atoms with Gasteiger partial charge in [0.1, 0.15) is 0 Å². The number of nitrogens with one attached hydrogen (secondary N) is 1. The minimum absolute atomic E-state index is 0.643.